The molecule has 0 unspecified atom stereocenters. The van der Waals surface area contributed by atoms with Gasteiger partial charge in [0.05, 0.1) is 5.69 Å². The minimum absolute atomic E-state index is 0. The summed E-state index contributed by atoms with van der Waals surface area (Å²) in [5, 5.41) is 2.23. The van der Waals surface area contributed by atoms with E-state index in [1.165, 1.54) is 0 Å². The summed E-state index contributed by atoms with van der Waals surface area (Å²) < 4.78 is 0. The highest BCUT2D eigenvalue weighted by atomic mass is 35.5. The molecule has 0 fully saturated rings. The van der Waals surface area contributed by atoms with Gasteiger partial charge < -0.3 is 10.6 Å². The number of nitrogens with zero attached hydrogens (tertiary/aromatic N) is 1. The molecule has 0 bridgehead atoms. The molecule has 1 heterocycles. The Labute approximate surface area is 118 Å². The van der Waals surface area contributed by atoms with Crippen LogP contribution < -0.4 is 10.6 Å². The Morgan fingerprint density at radius 2 is 1.79 bits per heavy atom. The van der Waals surface area contributed by atoms with Gasteiger partial charge in [-0.15, -0.1) is 12.4 Å². The SMILES string of the molecule is Cl.NCCCCN1C(=O)c2cccc3cccc1c23. The normalized spacial score (nSPS) is 12.9. The number of carbonyl (C=O) groups is 1. The Balaban J connectivity index is 0.00000133. The van der Waals surface area contributed by atoms with E-state index in [9.17, 15) is 4.79 Å². The molecule has 0 aliphatic carbocycles. The Morgan fingerprint density at radius 1 is 1.05 bits per heavy atom. The van der Waals surface area contributed by atoms with Gasteiger partial charge in [-0.2, -0.15) is 0 Å². The predicted octanol–water partition coefficient (Wildman–Crippen LogP) is 2.96. The summed E-state index contributed by atoms with van der Waals surface area (Å²) in [5.74, 6) is 0.124. The quantitative estimate of drug-likeness (QED) is 0.873. The smallest absolute Gasteiger partial charge is 0.258 e. The summed E-state index contributed by atoms with van der Waals surface area (Å²) in [7, 11) is 0. The molecule has 0 radical (unpaired) electrons. The molecule has 1 aliphatic heterocycles. The molecule has 0 saturated heterocycles. The van der Waals surface area contributed by atoms with Crippen molar-refractivity contribution >= 4 is 34.8 Å². The molecular weight excluding hydrogens is 260 g/mol. The molecule has 3 nitrogen and oxygen atoms in total. The second-order valence-electron chi connectivity index (χ2n) is 4.63. The van der Waals surface area contributed by atoms with Gasteiger partial charge in [0.1, 0.15) is 0 Å². The third kappa shape index (κ3) is 2.20. The van der Waals surface area contributed by atoms with Crippen molar-refractivity contribution in [1.29, 1.82) is 0 Å². The maximum absolute atomic E-state index is 12.4. The number of hydrogen-bond acceptors (Lipinski definition) is 2. The van der Waals surface area contributed by atoms with Gasteiger partial charge in [0.2, 0.25) is 0 Å². The Bertz CT molecular complexity index is 607. The summed E-state index contributed by atoms with van der Waals surface area (Å²) in [6.45, 7) is 1.43. The van der Waals surface area contributed by atoms with E-state index in [4.69, 9.17) is 5.73 Å². The number of hydrogen-bond donors (Lipinski definition) is 1. The van der Waals surface area contributed by atoms with E-state index >= 15 is 0 Å². The van der Waals surface area contributed by atoms with Gasteiger partial charge in [-0.05, 0) is 36.9 Å². The van der Waals surface area contributed by atoms with Crippen LogP contribution in [0.2, 0.25) is 0 Å². The zero-order chi connectivity index (χ0) is 12.5. The van der Waals surface area contributed by atoms with Gasteiger partial charge in [-0.1, -0.05) is 24.3 Å². The van der Waals surface area contributed by atoms with Crippen molar-refractivity contribution in [2.75, 3.05) is 18.0 Å². The average molecular weight is 277 g/mol. The lowest BCUT2D eigenvalue weighted by Gasteiger charge is -2.17. The van der Waals surface area contributed by atoms with E-state index in [1.807, 2.05) is 29.2 Å². The molecule has 100 valence electrons. The van der Waals surface area contributed by atoms with Crippen molar-refractivity contribution in [2.45, 2.75) is 12.8 Å². The Hall–Kier alpha value is -1.58. The molecule has 0 saturated carbocycles. The number of carbonyl (C=O) groups excluding carboxylic acids is 1. The fourth-order valence-electron chi connectivity index (χ4n) is 2.62. The number of anilines is 1. The minimum atomic E-state index is 0. The second kappa shape index (κ2) is 5.59. The molecule has 1 amide bonds. The van der Waals surface area contributed by atoms with Crippen LogP contribution in [0.25, 0.3) is 10.8 Å². The number of amides is 1. The summed E-state index contributed by atoms with van der Waals surface area (Å²) in [5.41, 5.74) is 7.38. The largest absolute Gasteiger partial charge is 0.330 e. The Kier molecular flexibility index (Phi) is 4.08. The van der Waals surface area contributed by atoms with E-state index in [1.54, 1.807) is 0 Å². The zero-order valence-electron chi connectivity index (χ0n) is 10.6. The molecule has 0 aromatic heterocycles. The molecule has 0 atom stereocenters. The first-order chi connectivity index (χ1) is 8.83. The fourth-order valence-corrected chi connectivity index (χ4v) is 2.62. The van der Waals surface area contributed by atoms with Crippen LogP contribution in [-0.4, -0.2) is 19.0 Å². The lowest BCUT2D eigenvalue weighted by atomic mass is 10.1. The maximum atomic E-state index is 12.4. The number of nitrogens with two attached hydrogens (primary N) is 1. The van der Waals surface area contributed by atoms with Gasteiger partial charge >= 0.3 is 0 Å². The highest BCUT2D eigenvalue weighted by Gasteiger charge is 2.28. The van der Waals surface area contributed by atoms with Crippen LogP contribution in [-0.2, 0) is 0 Å². The third-order valence-corrected chi connectivity index (χ3v) is 3.48. The topological polar surface area (TPSA) is 46.3 Å². The first-order valence-electron chi connectivity index (χ1n) is 6.36. The van der Waals surface area contributed by atoms with Crippen LogP contribution in [0.1, 0.15) is 23.2 Å². The molecule has 19 heavy (non-hydrogen) atoms. The molecule has 0 spiro atoms. The average Bonchev–Trinajstić information content (AvgIpc) is 2.67. The van der Waals surface area contributed by atoms with E-state index < -0.39 is 0 Å². The summed E-state index contributed by atoms with van der Waals surface area (Å²) in [4.78, 5) is 14.2. The summed E-state index contributed by atoms with van der Waals surface area (Å²) >= 11 is 0. The van der Waals surface area contributed by atoms with Crippen LogP contribution in [0.15, 0.2) is 36.4 Å². The van der Waals surface area contributed by atoms with Crippen LogP contribution in [0.4, 0.5) is 5.69 Å². The standard InChI is InChI=1S/C15H16N2O.ClH/c16-9-1-2-10-17-13-8-4-6-11-5-3-7-12(14(11)13)15(17)18;/h3-8H,1-2,9-10,16H2;1H. The van der Waals surface area contributed by atoms with Gasteiger partial charge in [0, 0.05) is 17.5 Å². The van der Waals surface area contributed by atoms with E-state index in [0.29, 0.717) is 6.54 Å². The van der Waals surface area contributed by atoms with Crippen molar-refractivity contribution in [3.8, 4) is 0 Å². The molecule has 2 aromatic carbocycles. The van der Waals surface area contributed by atoms with Gasteiger partial charge in [0.25, 0.3) is 5.91 Å². The lowest BCUT2D eigenvalue weighted by Crippen LogP contribution is -2.28. The van der Waals surface area contributed by atoms with E-state index in [0.717, 1.165) is 41.4 Å². The zero-order valence-corrected chi connectivity index (χ0v) is 11.5. The number of rotatable bonds is 4. The van der Waals surface area contributed by atoms with Crippen LogP contribution in [0, 0.1) is 0 Å². The van der Waals surface area contributed by atoms with Crippen molar-refractivity contribution in [2.24, 2.45) is 5.73 Å². The number of unbranched alkanes of at least 4 members (excludes halogenated alkanes) is 1. The molecular formula is C15H17ClN2O. The lowest BCUT2D eigenvalue weighted by molar-refractivity contribution is 0.0993. The van der Waals surface area contributed by atoms with Crippen molar-refractivity contribution < 1.29 is 4.79 Å². The van der Waals surface area contributed by atoms with E-state index in [-0.39, 0.29) is 18.3 Å². The van der Waals surface area contributed by atoms with Crippen molar-refractivity contribution in [1.82, 2.24) is 0 Å². The van der Waals surface area contributed by atoms with Crippen molar-refractivity contribution in [3.05, 3.63) is 42.0 Å². The highest BCUT2D eigenvalue weighted by Crippen LogP contribution is 2.37. The summed E-state index contributed by atoms with van der Waals surface area (Å²) in [6.07, 6.45) is 1.91. The highest BCUT2D eigenvalue weighted by molar-refractivity contribution is 6.24. The number of benzene rings is 2. The monoisotopic (exact) mass is 276 g/mol. The van der Waals surface area contributed by atoms with Crippen LogP contribution in [0.5, 0.6) is 0 Å². The fraction of sp³-hybridized carbons (Fsp3) is 0.267. The molecule has 3 rings (SSSR count). The molecule has 2 N–H and O–H groups in total. The molecule has 1 aliphatic rings. The minimum Gasteiger partial charge on any atom is -0.330 e. The predicted molar refractivity (Wildman–Crippen MR) is 81.2 cm³/mol. The Morgan fingerprint density at radius 3 is 2.53 bits per heavy atom. The maximum Gasteiger partial charge on any atom is 0.258 e. The first kappa shape index (κ1) is 13.8. The first-order valence-corrected chi connectivity index (χ1v) is 6.36. The third-order valence-electron chi connectivity index (χ3n) is 3.48. The van der Waals surface area contributed by atoms with Crippen molar-refractivity contribution in [3.63, 3.8) is 0 Å². The number of halogens is 1. The molecule has 4 heteroatoms. The molecule has 2 aromatic rings. The van der Waals surface area contributed by atoms with Crippen LogP contribution >= 0.6 is 12.4 Å². The summed E-state index contributed by atoms with van der Waals surface area (Å²) in [6, 6.07) is 12.0. The van der Waals surface area contributed by atoms with Crippen LogP contribution in [0.3, 0.4) is 0 Å². The van der Waals surface area contributed by atoms with E-state index in [2.05, 4.69) is 12.1 Å². The van der Waals surface area contributed by atoms with Gasteiger partial charge in [-0.25, -0.2) is 0 Å². The second-order valence-corrected chi connectivity index (χ2v) is 4.63. The van der Waals surface area contributed by atoms with Gasteiger partial charge in [-0.3, -0.25) is 4.79 Å². The van der Waals surface area contributed by atoms with Gasteiger partial charge in [0.15, 0.2) is 0 Å².